The molecule has 36 heavy (non-hydrogen) atoms. The smallest absolute Gasteiger partial charge is 0.338 e. The number of ether oxygens (including phenoxy) is 1. The maximum atomic E-state index is 13.2. The number of fused-ring (bicyclic) bond motifs is 5. The van der Waals surface area contributed by atoms with Crippen molar-refractivity contribution in [1.29, 1.82) is 0 Å². The number of aliphatic hydroxyl groups is 4. The zero-order chi connectivity index (χ0) is 26.5. The Labute approximate surface area is 211 Å². The Morgan fingerprint density at radius 2 is 1.86 bits per heavy atom. The van der Waals surface area contributed by atoms with Crippen molar-refractivity contribution in [3.63, 3.8) is 0 Å². The van der Waals surface area contributed by atoms with E-state index in [1.807, 2.05) is 6.92 Å². The highest BCUT2D eigenvalue weighted by atomic mass is 16.6. The Balaban J connectivity index is 1.43. The van der Waals surface area contributed by atoms with Crippen molar-refractivity contribution in [3.8, 4) is 0 Å². The van der Waals surface area contributed by atoms with Gasteiger partial charge in [0, 0.05) is 18.3 Å². The molecule has 9 heteroatoms. The van der Waals surface area contributed by atoms with Gasteiger partial charge < -0.3 is 30.3 Å². The molecule has 0 amide bonds. The quantitative estimate of drug-likeness (QED) is 0.307. The van der Waals surface area contributed by atoms with Gasteiger partial charge in [0.2, 0.25) is 0 Å². The van der Waals surface area contributed by atoms with E-state index in [-0.39, 0.29) is 61.2 Å². The lowest BCUT2D eigenvalue weighted by molar-refractivity contribution is -0.199. The van der Waals surface area contributed by atoms with Gasteiger partial charge in [0.15, 0.2) is 11.4 Å². The van der Waals surface area contributed by atoms with Crippen LogP contribution in [0.5, 0.6) is 0 Å². The van der Waals surface area contributed by atoms with Gasteiger partial charge in [-0.2, -0.15) is 0 Å². The van der Waals surface area contributed by atoms with Crippen LogP contribution in [0.25, 0.3) is 0 Å². The van der Waals surface area contributed by atoms with E-state index in [1.54, 1.807) is 6.08 Å². The second-order valence-electron chi connectivity index (χ2n) is 12.0. The molecule has 0 aromatic rings. The first-order chi connectivity index (χ1) is 16.8. The van der Waals surface area contributed by atoms with Gasteiger partial charge in [-0.25, -0.2) is 4.79 Å². The molecule has 9 atom stereocenters. The summed E-state index contributed by atoms with van der Waals surface area (Å²) >= 11 is 0. The van der Waals surface area contributed by atoms with Gasteiger partial charge >= 0.3 is 11.9 Å². The third-order valence-electron chi connectivity index (χ3n) is 10.0. The second kappa shape index (κ2) is 9.82. The lowest BCUT2D eigenvalue weighted by Gasteiger charge is -2.60. The van der Waals surface area contributed by atoms with Crippen LogP contribution in [0.2, 0.25) is 0 Å². The Morgan fingerprint density at radius 3 is 2.56 bits per heavy atom. The summed E-state index contributed by atoms with van der Waals surface area (Å²) in [6.45, 7) is 3.86. The first-order valence-electron chi connectivity index (χ1n) is 13.2. The number of ketones is 1. The van der Waals surface area contributed by atoms with Gasteiger partial charge in [-0.15, -0.1) is 0 Å². The van der Waals surface area contributed by atoms with Crippen molar-refractivity contribution in [2.75, 3.05) is 6.61 Å². The van der Waals surface area contributed by atoms with Crippen LogP contribution < -0.4 is 0 Å². The summed E-state index contributed by atoms with van der Waals surface area (Å²) in [5, 5.41) is 51.5. The molecule has 0 aromatic heterocycles. The summed E-state index contributed by atoms with van der Waals surface area (Å²) in [7, 11) is 0. The minimum absolute atomic E-state index is 0.0121. The summed E-state index contributed by atoms with van der Waals surface area (Å²) in [5.41, 5.74) is -1.73. The largest absolute Gasteiger partial charge is 0.481 e. The Bertz CT molecular complexity index is 930. The first kappa shape index (κ1) is 27.2. The Kier molecular flexibility index (Phi) is 7.43. The molecule has 3 fully saturated rings. The van der Waals surface area contributed by atoms with Crippen molar-refractivity contribution < 1.29 is 44.7 Å². The third kappa shape index (κ3) is 4.52. The molecule has 3 saturated carbocycles. The molecule has 3 unspecified atom stereocenters. The fourth-order valence-corrected chi connectivity index (χ4v) is 8.15. The predicted molar refractivity (Wildman–Crippen MR) is 128 cm³/mol. The molecule has 4 rings (SSSR count). The highest BCUT2D eigenvalue weighted by molar-refractivity contribution is 5.91. The molecule has 202 valence electrons. The van der Waals surface area contributed by atoms with Gasteiger partial charge in [0.05, 0.1) is 31.3 Å². The molecule has 0 saturated heterocycles. The molecule has 0 aromatic carbocycles. The standard InChI is InChI=1S/C27H40O9/c1-25-8-5-16(28)11-15(25)3-4-19-20-6-9-27(35,26(20,2)14-21(31)23(19)25)24(34)36-10-7-17(29)12-18(30)13-22(32)33/h11,17-21,23,29-31,35H,3-10,12-14H2,1-2H3,(H,32,33)/t17-,18-,19?,20?,21-,23?,25-,26-,27-/m0/s1. The molecule has 4 aliphatic carbocycles. The van der Waals surface area contributed by atoms with Crippen LogP contribution >= 0.6 is 0 Å². The van der Waals surface area contributed by atoms with Crippen molar-refractivity contribution >= 4 is 17.7 Å². The highest BCUT2D eigenvalue weighted by Gasteiger charge is 2.69. The molecule has 4 aliphatic rings. The van der Waals surface area contributed by atoms with Gasteiger partial charge in [-0.1, -0.05) is 19.4 Å². The lowest BCUT2D eigenvalue weighted by atomic mass is 9.45. The van der Waals surface area contributed by atoms with Crippen LogP contribution in [-0.4, -0.2) is 73.8 Å². The molecule has 0 spiro atoms. The summed E-state index contributed by atoms with van der Waals surface area (Å²) in [4.78, 5) is 35.9. The number of carbonyl (C=O) groups excluding carboxylic acids is 2. The van der Waals surface area contributed by atoms with Gasteiger partial charge in [-0.3, -0.25) is 9.59 Å². The monoisotopic (exact) mass is 508 g/mol. The number of aliphatic carboxylic acids is 1. The van der Waals surface area contributed by atoms with Crippen molar-refractivity contribution in [2.24, 2.45) is 28.6 Å². The van der Waals surface area contributed by atoms with E-state index in [0.717, 1.165) is 24.8 Å². The number of hydrogen-bond acceptors (Lipinski definition) is 8. The van der Waals surface area contributed by atoms with Crippen LogP contribution in [0.15, 0.2) is 11.6 Å². The summed E-state index contributed by atoms with van der Waals surface area (Å²) in [6, 6.07) is 0. The molecule has 0 radical (unpaired) electrons. The Morgan fingerprint density at radius 1 is 1.14 bits per heavy atom. The average molecular weight is 509 g/mol. The van der Waals surface area contributed by atoms with Crippen LogP contribution in [-0.2, 0) is 19.1 Å². The minimum Gasteiger partial charge on any atom is -0.481 e. The zero-order valence-corrected chi connectivity index (χ0v) is 21.2. The number of allylic oxidation sites excluding steroid dienone is 1. The highest BCUT2D eigenvalue weighted by Crippen LogP contribution is 2.67. The average Bonchev–Trinajstić information content (AvgIpc) is 3.04. The molecule has 5 N–H and O–H groups in total. The van der Waals surface area contributed by atoms with E-state index >= 15 is 0 Å². The van der Waals surface area contributed by atoms with Crippen LogP contribution in [0.3, 0.4) is 0 Å². The zero-order valence-electron chi connectivity index (χ0n) is 21.2. The van der Waals surface area contributed by atoms with E-state index in [4.69, 9.17) is 9.84 Å². The maximum absolute atomic E-state index is 13.2. The topological polar surface area (TPSA) is 162 Å². The van der Waals surface area contributed by atoms with Crippen molar-refractivity contribution in [1.82, 2.24) is 0 Å². The van der Waals surface area contributed by atoms with Crippen molar-refractivity contribution in [2.45, 2.75) is 102 Å². The van der Waals surface area contributed by atoms with Gasteiger partial charge in [0.1, 0.15) is 0 Å². The molecular formula is C27H40O9. The normalized spacial score (nSPS) is 41.4. The van der Waals surface area contributed by atoms with Crippen LogP contribution in [0.4, 0.5) is 0 Å². The van der Waals surface area contributed by atoms with Crippen LogP contribution in [0, 0.1) is 28.6 Å². The summed E-state index contributed by atoms with van der Waals surface area (Å²) in [5.74, 6) is -1.63. The Hall–Kier alpha value is -1.81. The summed E-state index contributed by atoms with van der Waals surface area (Å²) < 4.78 is 5.39. The lowest BCUT2D eigenvalue weighted by Crippen LogP contribution is -2.62. The molecular weight excluding hydrogens is 468 g/mol. The third-order valence-corrected chi connectivity index (χ3v) is 10.0. The fourth-order valence-electron chi connectivity index (χ4n) is 8.15. The number of esters is 1. The predicted octanol–water partition coefficient (Wildman–Crippen LogP) is 1.74. The summed E-state index contributed by atoms with van der Waals surface area (Å²) in [6.07, 6.45) is 2.16. The van der Waals surface area contributed by atoms with Gasteiger partial charge in [0.25, 0.3) is 0 Å². The molecule has 0 heterocycles. The van der Waals surface area contributed by atoms with E-state index in [0.29, 0.717) is 12.8 Å². The van der Waals surface area contributed by atoms with E-state index in [2.05, 4.69) is 6.92 Å². The number of carboxylic acid groups (broad SMARTS) is 1. The number of carboxylic acids is 1. The number of carbonyl (C=O) groups is 3. The van der Waals surface area contributed by atoms with Gasteiger partial charge in [-0.05, 0) is 74.2 Å². The van der Waals surface area contributed by atoms with E-state index in [9.17, 15) is 34.8 Å². The number of hydrogen-bond donors (Lipinski definition) is 5. The molecule has 0 bridgehead atoms. The van der Waals surface area contributed by atoms with Crippen molar-refractivity contribution in [3.05, 3.63) is 11.6 Å². The van der Waals surface area contributed by atoms with E-state index < -0.39 is 47.7 Å². The first-order valence-corrected chi connectivity index (χ1v) is 13.2. The minimum atomic E-state index is -1.75. The maximum Gasteiger partial charge on any atom is 0.338 e. The van der Waals surface area contributed by atoms with E-state index in [1.165, 1.54) is 0 Å². The second-order valence-corrected chi connectivity index (χ2v) is 12.0. The number of rotatable bonds is 8. The molecule has 0 aliphatic heterocycles. The fraction of sp³-hybridized carbons (Fsp3) is 0.815. The van der Waals surface area contributed by atoms with Crippen LogP contribution in [0.1, 0.15) is 78.1 Å². The number of aliphatic hydroxyl groups excluding tert-OH is 3. The molecule has 9 nitrogen and oxygen atoms in total. The SMILES string of the molecule is C[C@]12CCC(=O)C=C1CCC1C2[C@@H](O)C[C@@]2(C)C1CC[C@]2(O)C(=O)OCC[C@H](O)C[C@H](O)CC(=O)O.